The molecule has 1 nitrogen and oxygen atoms in total. The number of rotatable bonds is 4. The van der Waals surface area contributed by atoms with E-state index in [4.69, 9.17) is 4.12 Å². The molecule has 0 aromatic heterocycles. The molecule has 0 amide bonds. The minimum absolute atomic E-state index is 0.317. The summed E-state index contributed by atoms with van der Waals surface area (Å²) >= 11 is 0. The Morgan fingerprint density at radius 2 is 1.25 bits per heavy atom. The summed E-state index contributed by atoms with van der Waals surface area (Å²) in [6.07, 6.45) is 1.21. The fourth-order valence-corrected chi connectivity index (χ4v) is 12.4. The first-order valence-corrected chi connectivity index (χ1v) is 12.8. The monoisotopic (exact) mass is 260 g/mol. The maximum Gasteiger partial charge on any atom is 0.179 e. The van der Waals surface area contributed by atoms with Crippen LogP contribution < -0.4 is 0 Å². The van der Waals surface area contributed by atoms with E-state index >= 15 is 0 Å². The molecule has 3 heteroatoms. The zero-order valence-electron chi connectivity index (χ0n) is 13.1. The third-order valence-electron chi connectivity index (χ3n) is 4.25. The van der Waals surface area contributed by atoms with Crippen molar-refractivity contribution in [2.24, 2.45) is 5.41 Å². The topological polar surface area (TPSA) is 9.23 Å². The van der Waals surface area contributed by atoms with Gasteiger partial charge in [-0.15, -0.1) is 0 Å². The molecule has 0 aliphatic heterocycles. The van der Waals surface area contributed by atoms with Gasteiger partial charge >= 0.3 is 0 Å². The van der Waals surface area contributed by atoms with E-state index < -0.39 is 16.6 Å². The molecule has 16 heavy (non-hydrogen) atoms. The molecule has 0 aromatic carbocycles. The molecule has 0 spiro atoms. The molecule has 0 heterocycles. The van der Waals surface area contributed by atoms with Crippen LogP contribution in [0.1, 0.15) is 41.0 Å². The van der Waals surface area contributed by atoms with Crippen LogP contribution in [0, 0.1) is 5.41 Å². The highest BCUT2D eigenvalue weighted by Crippen LogP contribution is 2.55. The van der Waals surface area contributed by atoms with E-state index in [0.29, 0.717) is 10.5 Å². The van der Waals surface area contributed by atoms with Gasteiger partial charge in [0.05, 0.1) is 0 Å². The fraction of sp³-hybridized carbons (Fsp3) is 1.00. The van der Waals surface area contributed by atoms with Gasteiger partial charge in [-0.05, 0) is 43.2 Å². The summed E-state index contributed by atoms with van der Waals surface area (Å²) in [6.45, 7) is 23.5. The van der Waals surface area contributed by atoms with Crippen molar-refractivity contribution in [1.82, 2.24) is 0 Å². The molecule has 0 N–H and O–H groups in total. The molecule has 1 atom stereocenters. The molecule has 0 rings (SSSR count). The van der Waals surface area contributed by atoms with Gasteiger partial charge in [0.25, 0.3) is 0 Å². The summed E-state index contributed by atoms with van der Waals surface area (Å²) < 4.78 is 6.59. The van der Waals surface area contributed by atoms with Crippen LogP contribution in [0.25, 0.3) is 0 Å². The van der Waals surface area contributed by atoms with Gasteiger partial charge in [-0.1, -0.05) is 41.0 Å². The Labute approximate surface area is 105 Å². The summed E-state index contributed by atoms with van der Waals surface area (Å²) in [7, 11) is -3.10. The van der Waals surface area contributed by atoms with Crippen molar-refractivity contribution in [2.75, 3.05) is 0 Å². The second kappa shape index (κ2) is 4.58. The summed E-state index contributed by atoms with van der Waals surface area (Å²) in [5, 5.41) is 0.334. The van der Waals surface area contributed by atoms with Gasteiger partial charge in [0.15, 0.2) is 16.6 Å². The lowest BCUT2D eigenvalue weighted by Gasteiger charge is -2.52. The lowest BCUT2D eigenvalue weighted by atomic mass is 9.79. The van der Waals surface area contributed by atoms with Crippen molar-refractivity contribution < 1.29 is 4.12 Å². The third kappa shape index (κ3) is 3.44. The van der Waals surface area contributed by atoms with Gasteiger partial charge in [0.1, 0.15) is 0 Å². The molecule has 0 saturated heterocycles. The molecule has 0 saturated carbocycles. The Hall–Kier alpha value is 0.394. The van der Waals surface area contributed by atoms with Crippen LogP contribution in [0.3, 0.4) is 0 Å². The van der Waals surface area contributed by atoms with Gasteiger partial charge in [-0.25, -0.2) is 0 Å². The molecule has 0 bridgehead atoms. The smallest absolute Gasteiger partial charge is 0.179 e. The van der Waals surface area contributed by atoms with Gasteiger partial charge in [-0.3, -0.25) is 0 Å². The first kappa shape index (κ1) is 16.4. The van der Waals surface area contributed by atoms with E-state index in [-0.39, 0.29) is 0 Å². The minimum atomic E-state index is -1.67. The largest absolute Gasteiger partial charge is 0.455 e. The van der Waals surface area contributed by atoms with Crippen LogP contribution in [0.15, 0.2) is 0 Å². The first-order chi connectivity index (χ1) is 6.77. The molecular weight excluding hydrogens is 228 g/mol. The Kier molecular flexibility index (Phi) is 4.69. The van der Waals surface area contributed by atoms with Crippen LogP contribution in [-0.2, 0) is 4.12 Å². The second-order valence-electron chi connectivity index (χ2n) is 7.66. The van der Waals surface area contributed by atoms with E-state index in [9.17, 15) is 0 Å². The molecule has 0 aliphatic carbocycles. The zero-order valence-corrected chi connectivity index (χ0v) is 15.1. The average Bonchev–Trinajstić information content (AvgIpc) is 1.95. The predicted octanol–water partition coefficient (Wildman–Crippen LogP) is 5.26. The molecule has 0 aromatic rings. The van der Waals surface area contributed by atoms with Gasteiger partial charge in [0.2, 0.25) is 0 Å². The van der Waals surface area contributed by atoms with Gasteiger partial charge < -0.3 is 4.12 Å². The molecule has 1 unspecified atom stereocenters. The molecule has 0 radical (unpaired) electrons. The van der Waals surface area contributed by atoms with Crippen molar-refractivity contribution in [3.63, 3.8) is 0 Å². The zero-order chi connectivity index (χ0) is 13.4. The number of hydrogen-bond donors (Lipinski definition) is 0. The summed E-state index contributed by atoms with van der Waals surface area (Å²) in [5.41, 5.74) is 0.317. The fourth-order valence-electron chi connectivity index (χ4n) is 2.74. The summed E-state index contributed by atoms with van der Waals surface area (Å²) in [6, 6.07) is 0. The van der Waals surface area contributed by atoms with Crippen molar-refractivity contribution in [1.29, 1.82) is 0 Å². The van der Waals surface area contributed by atoms with Crippen LogP contribution >= 0.6 is 0 Å². The molecule has 0 aliphatic rings. The quantitative estimate of drug-likeness (QED) is 0.627. The highest BCUT2D eigenvalue weighted by Gasteiger charge is 2.51. The maximum absolute atomic E-state index is 6.59. The molecule has 0 fully saturated rings. The van der Waals surface area contributed by atoms with Crippen LogP contribution in [0.5, 0.6) is 0 Å². The Morgan fingerprint density at radius 3 is 1.44 bits per heavy atom. The minimum Gasteiger partial charge on any atom is -0.455 e. The predicted molar refractivity (Wildman–Crippen MR) is 80.0 cm³/mol. The lowest BCUT2D eigenvalue weighted by Crippen LogP contribution is -2.54. The van der Waals surface area contributed by atoms with Gasteiger partial charge in [0, 0.05) is 0 Å². The molecule has 98 valence electrons. The van der Waals surface area contributed by atoms with E-state index in [0.717, 1.165) is 0 Å². The van der Waals surface area contributed by atoms with E-state index in [1.54, 1.807) is 0 Å². The van der Waals surface area contributed by atoms with Crippen molar-refractivity contribution in [3.05, 3.63) is 0 Å². The summed E-state index contributed by atoms with van der Waals surface area (Å²) in [5.74, 6) is 0. The van der Waals surface area contributed by atoms with Crippen LogP contribution in [-0.4, -0.2) is 16.6 Å². The van der Waals surface area contributed by atoms with Crippen molar-refractivity contribution in [2.45, 2.75) is 78.8 Å². The Balaban J connectivity index is 5.24. The van der Waals surface area contributed by atoms with Crippen LogP contribution in [0.2, 0.25) is 37.8 Å². The maximum atomic E-state index is 6.59. The number of hydrogen-bond acceptors (Lipinski definition) is 1. The van der Waals surface area contributed by atoms with E-state index in [2.05, 4.69) is 67.4 Å². The Bertz CT molecular complexity index is 235. The van der Waals surface area contributed by atoms with E-state index in [1.807, 2.05) is 0 Å². The SMILES string of the molecule is CCC(C)(C(C)(C)C)[Si](C)(C)O[Si](C)(C)C. The lowest BCUT2D eigenvalue weighted by molar-refractivity contribution is 0.237. The molecular formula is C13H32OSi2. The highest BCUT2D eigenvalue weighted by molar-refractivity contribution is 6.85. The third-order valence-corrected chi connectivity index (χ3v) is 12.5. The van der Waals surface area contributed by atoms with Gasteiger partial charge in [-0.2, -0.15) is 0 Å². The normalized spacial score (nSPS) is 18.4. The van der Waals surface area contributed by atoms with Crippen molar-refractivity contribution >= 4 is 16.6 Å². The highest BCUT2D eigenvalue weighted by atomic mass is 28.4. The Morgan fingerprint density at radius 1 is 0.875 bits per heavy atom. The average molecular weight is 261 g/mol. The van der Waals surface area contributed by atoms with Crippen molar-refractivity contribution in [3.8, 4) is 0 Å². The second-order valence-corrected chi connectivity index (χ2v) is 16.8. The standard InChI is InChI=1S/C13H32OSi2/c1-11-13(5,12(2,3)4)16(9,10)14-15(6,7)8/h11H2,1-10H3. The first-order valence-electron chi connectivity index (χ1n) is 6.47. The van der Waals surface area contributed by atoms with E-state index in [1.165, 1.54) is 6.42 Å². The van der Waals surface area contributed by atoms with Crippen LogP contribution in [0.4, 0.5) is 0 Å². The summed E-state index contributed by atoms with van der Waals surface area (Å²) in [4.78, 5) is 0.